The average molecular weight is 280 g/mol. The van der Waals surface area contributed by atoms with Gasteiger partial charge in [0.05, 0.1) is 6.10 Å². The highest BCUT2D eigenvalue weighted by atomic mass is 16.4. The molecule has 1 atom stereocenters. The molecule has 0 heterocycles. The van der Waals surface area contributed by atoms with Gasteiger partial charge in [0.2, 0.25) is 0 Å². The molecule has 0 saturated carbocycles. The molecule has 0 aliphatic carbocycles. The standard InChI is InChI=1S/C17H28O3/c1-2-13-16(18)14-11-9-7-5-3-4-6-8-10-12-15-17(19)20/h11,14,16,18H,2-6,8,10,12-13,15H2,1H3,(H,19,20)/b14-11+/t16-/m1/s1. The summed E-state index contributed by atoms with van der Waals surface area (Å²) in [6.45, 7) is 2.05. The van der Waals surface area contributed by atoms with Crippen LogP contribution < -0.4 is 0 Å². The Morgan fingerprint density at radius 1 is 1.15 bits per heavy atom. The van der Waals surface area contributed by atoms with Crippen molar-refractivity contribution in [3.05, 3.63) is 12.2 Å². The van der Waals surface area contributed by atoms with Crippen molar-refractivity contribution in [1.82, 2.24) is 0 Å². The van der Waals surface area contributed by atoms with Gasteiger partial charge in [-0.2, -0.15) is 0 Å². The SMILES string of the molecule is CCC[C@@H](O)/C=C/C#CCCCCCCCCC(=O)O. The molecule has 0 saturated heterocycles. The van der Waals surface area contributed by atoms with E-state index in [2.05, 4.69) is 11.8 Å². The largest absolute Gasteiger partial charge is 0.481 e. The van der Waals surface area contributed by atoms with Crippen LogP contribution >= 0.6 is 0 Å². The number of hydrogen-bond donors (Lipinski definition) is 2. The maximum atomic E-state index is 10.3. The number of rotatable bonds is 11. The van der Waals surface area contributed by atoms with E-state index in [-0.39, 0.29) is 6.10 Å². The van der Waals surface area contributed by atoms with Crippen molar-refractivity contribution in [2.75, 3.05) is 0 Å². The Morgan fingerprint density at radius 2 is 1.80 bits per heavy atom. The van der Waals surface area contributed by atoms with E-state index in [1.165, 1.54) is 0 Å². The maximum absolute atomic E-state index is 10.3. The van der Waals surface area contributed by atoms with E-state index in [0.717, 1.165) is 57.8 Å². The highest BCUT2D eigenvalue weighted by molar-refractivity contribution is 5.66. The van der Waals surface area contributed by atoms with Gasteiger partial charge in [-0.25, -0.2) is 0 Å². The normalized spacial score (nSPS) is 12.1. The second-order valence-electron chi connectivity index (χ2n) is 5.05. The lowest BCUT2D eigenvalue weighted by molar-refractivity contribution is -0.137. The van der Waals surface area contributed by atoms with E-state index in [4.69, 9.17) is 5.11 Å². The van der Waals surface area contributed by atoms with E-state index in [9.17, 15) is 9.90 Å². The zero-order valence-corrected chi connectivity index (χ0v) is 12.6. The van der Waals surface area contributed by atoms with Crippen LogP contribution in [0.2, 0.25) is 0 Å². The summed E-state index contributed by atoms with van der Waals surface area (Å²) in [6, 6.07) is 0. The Kier molecular flexibility index (Phi) is 13.2. The molecule has 0 amide bonds. The van der Waals surface area contributed by atoms with Crippen LogP contribution in [0.25, 0.3) is 0 Å². The summed E-state index contributed by atoms with van der Waals surface area (Å²) in [5, 5.41) is 17.9. The second-order valence-corrected chi connectivity index (χ2v) is 5.05. The van der Waals surface area contributed by atoms with Crippen molar-refractivity contribution >= 4 is 5.97 Å². The highest BCUT2D eigenvalue weighted by Gasteiger charge is 1.96. The first-order valence-corrected chi connectivity index (χ1v) is 7.71. The minimum absolute atomic E-state index is 0.293. The number of aliphatic carboxylic acids is 1. The zero-order chi connectivity index (χ0) is 15.1. The molecule has 3 nitrogen and oxygen atoms in total. The Labute approximate surface area is 123 Å². The fraction of sp³-hybridized carbons (Fsp3) is 0.706. The number of carboxylic acids is 1. The number of aliphatic hydroxyl groups is 1. The lowest BCUT2D eigenvalue weighted by Gasteiger charge is -1.99. The fourth-order valence-electron chi connectivity index (χ4n) is 1.88. The minimum atomic E-state index is -0.697. The molecule has 0 aliphatic heterocycles. The molecular weight excluding hydrogens is 252 g/mol. The lowest BCUT2D eigenvalue weighted by atomic mass is 10.1. The molecule has 0 aromatic heterocycles. The summed E-state index contributed by atoms with van der Waals surface area (Å²) in [5.41, 5.74) is 0. The monoisotopic (exact) mass is 280 g/mol. The van der Waals surface area contributed by atoms with E-state index >= 15 is 0 Å². The molecule has 114 valence electrons. The summed E-state index contributed by atoms with van der Waals surface area (Å²) >= 11 is 0. The molecule has 0 aromatic carbocycles. The Hall–Kier alpha value is -1.27. The predicted octanol–water partition coefficient (Wildman–Crippen LogP) is 3.91. The molecule has 0 bridgehead atoms. The van der Waals surface area contributed by atoms with Crippen molar-refractivity contribution in [2.45, 2.75) is 77.2 Å². The first-order chi connectivity index (χ1) is 9.66. The molecule has 2 N–H and O–H groups in total. The van der Waals surface area contributed by atoms with Gasteiger partial charge in [0.25, 0.3) is 0 Å². The molecule has 20 heavy (non-hydrogen) atoms. The Bertz CT molecular complexity index is 323. The van der Waals surface area contributed by atoms with Crippen LogP contribution in [0.1, 0.15) is 71.1 Å². The highest BCUT2D eigenvalue weighted by Crippen LogP contribution is 2.08. The van der Waals surface area contributed by atoms with Crippen LogP contribution in [0.5, 0.6) is 0 Å². The van der Waals surface area contributed by atoms with Gasteiger partial charge in [-0.3, -0.25) is 4.79 Å². The van der Waals surface area contributed by atoms with E-state index in [1.807, 2.05) is 6.92 Å². The van der Waals surface area contributed by atoms with Crippen LogP contribution in [0.4, 0.5) is 0 Å². The fourth-order valence-corrected chi connectivity index (χ4v) is 1.88. The molecule has 0 aromatic rings. The first kappa shape index (κ1) is 18.7. The van der Waals surface area contributed by atoms with E-state index < -0.39 is 5.97 Å². The van der Waals surface area contributed by atoms with Gasteiger partial charge >= 0.3 is 5.97 Å². The third-order valence-corrected chi connectivity index (χ3v) is 3.03. The maximum Gasteiger partial charge on any atom is 0.303 e. The van der Waals surface area contributed by atoms with Crippen molar-refractivity contribution < 1.29 is 15.0 Å². The third-order valence-electron chi connectivity index (χ3n) is 3.03. The number of allylic oxidation sites excluding steroid dienone is 1. The summed E-state index contributed by atoms with van der Waals surface area (Å²) in [5.74, 6) is 5.32. The molecule has 0 radical (unpaired) electrons. The number of carbonyl (C=O) groups is 1. The van der Waals surface area contributed by atoms with Crippen LogP contribution in [-0.2, 0) is 4.79 Å². The van der Waals surface area contributed by atoms with E-state index in [0.29, 0.717) is 6.42 Å². The number of aliphatic hydroxyl groups excluding tert-OH is 1. The molecule has 3 heteroatoms. The summed E-state index contributed by atoms with van der Waals surface area (Å²) in [4.78, 5) is 10.3. The van der Waals surface area contributed by atoms with Crippen molar-refractivity contribution in [1.29, 1.82) is 0 Å². The summed E-state index contributed by atoms with van der Waals surface area (Å²) in [7, 11) is 0. The molecule has 0 aliphatic rings. The first-order valence-electron chi connectivity index (χ1n) is 7.71. The van der Waals surface area contributed by atoms with Crippen LogP contribution in [0.3, 0.4) is 0 Å². The molecule has 0 unspecified atom stereocenters. The topological polar surface area (TPSA) is 57.5 Å². The van der Waals surface area contributed by atoms with Crippen molar-refractivity contribution in [3.63, 3.8) is 0 Å². The van der Waals surface area contributed by atoms with Gasteiger partial charge < -0.3 is 10.2 Å². The van der Waals surface area contributed by atoms with Gasteiger partial charge in [-0.15, -0.1) is 0 Å². The van der Waals surface area contributed by atoms with Gasteiger partial charge in [0, 0.05) is 12.8 Å². The van der Waals surface area contributed by atoms with Gasteiger partial charge in [0.15, 0.2) is 0 Å². The zero-order valence-electron chi connectivity index (χ0n) is 12.6. The Morgan fingerprint density at radius 3 is 2.45 bits per heavy atom. The van der Waals surface area contributed by atoms with Crippen LogP contribution in [-0.4, -0.2) is 22.3 Å². The van der Waals surface area contributed by atoms with Gasteiger partial charge in [-0.1, -0.05) is 50.9 Å². The van der Waals surface area contributed by atoms with Crippen LogP contribution in [0, 0.1) is 11.8 Å². The molecule has 0 spiro atoms. The number of hydrogen-bond acceptors (Lipinski definition) is 2. The number of carboxylic acid groups (broad SMARTS) is 1. The smallest absolute Gasteiger partial charge is 0.303 e. The molecule has 0 rings (SSSR count). The van der Waals surface area contributed by atoms with Crippen molar-refractivity contribution in [3.8, 4) is 11.8 Å². The Balaban J connectivity index is 3.34. The van der Waals surface area contributed by atoms with E-state index in [1.54, 1.807) is 12.2 Å². The minimum Gasteiger partial charge on any atom is -0.481 e. The quantitative estimate of drug-likeness (QED) is 0.445. The average Bonchev–Trinajstić information content (AvgIpc) is 2.40. The number of unbranched alkanes of at least 4 members (excludes halogenated alkanes) is 6. The predicted molar refractivity (Wildman–Crippen MR) is 82.4 cm³/mol. The van der Waals surface area contributed by atoms with Gasteiger partial charge in [-0.05, 0) is 31.4 Å². The molecular formula is C17H28O3. The summed E-state index contributed by atoms with van der Waals surface area (Å²) < 4.78 is 0. The second kappa shape index (κ2) is 14.1. The summed E-state index contributed by atoms with van der Waals surface area (Å²) in [6.07, 6.45) is 12.4. The van der Waals surface area contributed by atoms with Gasteiger partial charge in [0.1, 0.15) is 0 Å². The van der Waals surface area contributed by atoms with Crippen LogP contribution in [0.15, 0.2) is 12.2 Å². The molecule has 0 fully saturated rings. The lowest BCUT2D eigenvalue weighted by Crippen LogP contribution is -1.99. The van der Waals surface area contributed by atoms with Crippen molar-refractivity contribution in [2.24, 2.45) is 0 Å². The third kappa shape index (κ3) is 14.8.